The van der Waals surface area contributed by atoms with E-state index in [0.717, 1.165) is 15.5 Å². The molecule has 0 aliphatic heterocycles. The summed E-state index contributed by atoms with van der Waals surface area (Å²) in [6, 6.07) is 13.3. The highest BCUT2D eigenvalue weighted by molar-refractivity contribution is 7.99. The minimum Gasteiger partial charge on any atom is -0.353 e. The lowest BCUT2D eigenvalue weighted by Crippen LogP contribution is -2.48. The molecule has 0 spiro atoms. The zero-order chi connectivity index (χ0) is 20.0. The zero-order valence-corrected chi connectivity index (χ0v) is 18.0. The Balaban J connectivity index is 2.03. The van der Waals surface area contributed by atoms with Crippen LogP contribution in [0, 0.1) is 0 Å². The largest absolute Gasteiger partial charge is 0.353 e. The number of thioether (sulfide) groups is 1. The van der Waals surface area contributed by atoms with E-state index in [4.69, 9.17) is 23.2 Å². The fraction of sp³-hybridized carbons (Fsp3) is 0.278. The predicted molar refractivity (Wildman–Crippen MR) is 113 cm³/mol. The molecule has 1 atom stereocenters. The number of halogens is 2. The second kappa shape index (κ2) is 9.68. The number of nitrogens with one attached hydrogen (secondary N) is 1. The third kappa shape index (κ3) is 6.31. The van der Waals surface area contributed by atoms with Crippen molar-refractivity contribution in [2.24, 2.45) is 0 Å². The molecule has 27 heavy (non-hydrogen) atoms. The number of rotatable bonds is 8. The number of hydrogen-bond donors (Lipinski definition) is 1. The molecule has 0 bridgehead atoms. The standard InChI is InChI=1S/C18H20Cl2N2O3S2/c1-13(18(23)21-10-11-26-15-6-4-3-5-7-15)22(27(2,24)25)14-8-9-16(19)17(20)12-14/h3-9,12-13H,10-11H2,1-2H3,(H,21,23)/t13-/m0/s1. The molecule has 0 unspecified atom stereocenters. The number of hydrogen-bond acceptors (Lipinski definition) is 4. The lowest BCUT2D eigenvalue weighted by Gasteiger charge is -2.28. The lowest BCUT2D eigenvalue weighted by molar-refractivity contribution is -0.121. The molecule has 146 valence electrons. The Morgan fingerprint density at radius 2 is 1.81 bits per heavy atom. The van der Waals surface area contributed by atoms with Gasteiger partial charge in [0.15, 0.2) is 0 Å². The Labute approximate surface area is 174 Å². The van der Waals surface area contributed by atoms with Gasteiger partial charge in [-0.2, -0.15) is 0 Å². The summed E-state index contributed by atoms with van der Waals surface area (Å²) < 4.78 is 25.5. The molecular formula is C18H20Cl2N2O3S2. The first-order valence-corrected chi connectivity index (χ1v) is 11.7. The van der Waals surface area contributed by atoms with Crippen LogP contribution in [0.3, 0.4) is 0 Å². The van der Waals surface area contributed by atoms with Crippen LogP contribution in [-0.4, -0.2) is 38.9 Å². The van der Waals surface area contributed by atoms with Gasteiger partial charge in [0.2, 0.25) is 15.9 Å². The van der Waals surface area contributed by atoms with Crippen LogP contribution in [0.25, 0.3) is 0 Å². The van der Waals surface area contributed by atoms with Crippen LogP contribution in [0.5, 0.6) is 0 Å². The molecular weight excluding hydrogens is 427 g/mol. The number of carbonyl (C=O) groups is 1. The van der Waals surface area contributed by atoms with Crippen LogP contribution in [0.1, 0.15) is 6.92 Å². The number of anilines is 1. The minimum atomic E-state index is -3.70. The van der Waals surface area contributed by atoms with Gasteiger partial charge in [-0.3, -0.25) is 9.10 Å². The summed E-state index contributed by atoms with van der Waals surface area (Å²) in [6.07, 6.45) is 1.05. The van der Waals surface area contributed by atoms with Crippen LogP contribution >= 0.6 is 35.0 Å². The summed E-state index contributed by atoms with van der Waals surface area (Å²) in [5.41, 5.74) is 0.285. The predicted octanol–water partition coefficient (Wildman–Crippen LogP) is 4.06. The number of amides is 1. The van der Waals surface area contributed by atoms with Gasteiger partial charge in [-0.25, -0.2) is 8.42 Å². The average Bonchev–Trinajstić information content (AvgIpc) is 2.61. The second-order valence-corrected chi connectivity index (χ2v) is 9.63. The Morgan fingerprint density at radius 3 is 2.41 bits per heavy atom. The highest BCUT2D eigenvalue weighted by Crippen LogP contribution is 2.29. The van der Waals surface area contributed by atoms with E-state index in [0.29, 0.717) is 17.3 Å². The van der Waals surface area contributed by atoms with Crippen molar-refractivity contribution >= 4 is 56.6 Å². The summed E-state index contributed by atoms with van der Waals surface area (Å²) >= 11 is 13.5. The maximum absolute atomic E-state index is 12.5. The van der Waals surface area contributed by atoms with E-state index in [1.807, 2.05) is 30.3 Å². The van der Waals surface area contributed by atoms with Crippen molar-refractivity contribution in [3.8, 4) is 0 Å². The molecule has 0 saturated carbocycles. The SMILES string of the molecule is C[C@@H](C(=O)NCCSc1ccccc1)N(c1ccc(Cl)c(Cl)c1)S(C)(=O)=O. The van der Waals surface area contributed by atoms with Crippen LogP contribution in [0.4, 0.5) is 5.69 Å². The highest BCUT2D eigenvalue weighted by Gasteiger charge is 2.29. The van der Waals surface area contributed by atoms with Crippen LogP contribution < -0.4 is 9.62 Å². The Bertz CT molecular complexity index is 893. The molecule has 0 saturated heterocycles. The molecule has 2 rings (SSSR count). The van der Waals surface area contributed by atoms with Gasteiger partial charge in [0.1, 0.15) is 6.04 Å². The summed E-state index contributed by atoms with van der Waals surface area (Å²) in [7, 11) is -3.70. The minimum absolute atomic E-state index is 0.217. The molecule has 0 radical (unpaired) electrons. The number of nitrogens with zero attached hydrogens (tertiary/aromatic N) is 1. The molecule has 9 heteroatoms. The second-order valence-electron chi connectivity index (χ2n) is 5.79. The van der Waals surface area contributed by atoms with Gasteiger partial charge in [0, 0.05) is 17.2 Å². The topological polar surface area (TPSA) is 66.5 Å². The van der Waals surface area contributed by atoms with E-state index >= 15 is 0 Å². The van der Waals surface area contributed by atoms with Crippen molar-refractivity contribution in [3.05, 3.63) is 58.6 Å². The van der Waals surface area contributed by atoms with Crippen molar-refractivity contribution in [1.29, 1.82) is 0 Å². The number of sulfonamides is 1. The van der Waals surface area contributed by atoms with Crippen molar-refractivity contribution in [3.63, 3.8) is 0 Å². The van der Waals surface area contributed by atoms with Crippen molar-refractivity contribution in [2.45, 2.75) is 17.9 Å². The third-order valence-electron chi connectivity index (χ3n) is 3.66. The molecule has 0 aromatic heterocycles. The average molecular weight is 447 g/mol. The first-order valence-electron chi connectivity index (χ1n) is 8.10. The maximum Gasteiger partial charge on any atom is 0.243 e. The molecule has 0 aliphatic carbocycles. The quantitative estimate of drug-likeness (QED) is 0.490. The fourth-order valence-corrected chi connectivity index (χ4v) is 4.69. The fourth-order valence-electron chi connectivity index (χ4n) is 2.44. The molecule has 2 aromatic carbocycles. The van der Waals surface area contributed by atoms with Crippen molar-refractivity contribution in [1.82, 2.24) is 5.32 Å². The molecule has 0 fully saturated rings. The maximum atomic E-state index is 12.5. The van der Waals surface area contributed by atoms with E-state index < -0.39 is 16.1 Å². The lowest BCUT2D eigenvalue weighted by atomic mass is 10.2. The van der Waals surface area contributed by atoms with Gasteiger partial charge < -0.3 is 5.32 Å². The summed E-state index contributed by atoms with van der Waals surface area (Å²) in [5, 5.41) is 3.30. The summed E-state index contributed by atoms with van der Waals surface area (Å²) in [5.74, 6) is 0.286. The first-order chi connectivity index (χ1) is 12.7. The Hall–Kier alpha value is -1.41. The van der Waals surface area contributed by atoms with E-state index in [2.05, 4.69) is 5.32 Å². The Kier molecular flexibility index (Phi) is 7.85. The smallest absolute Gasteiger partial charge is 0.243 e. The van der Waals surface area contributed by atoms with Crippen molar-refractivity contribution < 1.29 is 13.2 Å². The molecule has 5 nitrogen and oxygen atoms in total. The van der Waals surface area contributed by atoms with Crippen molar-refractivity contribution in [2.75, 3.05) is 22.9 Å². The van der Waals surface area contributed by atoms with E-state index in [9.17, 15) is 13.2 Å². The van der Waals surface area contributed by atoms with Gasteiger partial charge in [-0.05, 0) is 37.3 Å². The highest BCUT2D eigenvalue weighted by atomic mass is 35.5. The van der Waals surface area contributed by atoms with E-state index in [1.54, 1.807) is 11.8 Å². The molecule has 0 aliphatic rings. The van der Waals surface area contributed by atoms with Crippen LogP contribution in [-0.2, 0) is 14.8 Å². The van der Waals surface area contributed by atoms with Gasteiger partial charge >= 0.3 is 0 Å². The van der Waals surface area contributed by atoms with E-state index in [-0.39, 0.29) is 16.6 Å². The number of carbonyl (C=O) groups excluding carboxylic acids is 1. The summed E-state index contributed by atoms with van der Waals surface area (Å²) in [4.78, 5) is 13.6. The summed E-state index contributed by atoms with van der Waals surface area (Å²) in [6.45, 7) is 1.95. The van der Waals surface area contributed by atoms with Gasteiger partial charge in [-0.15, -0.1) is 11.8 Å². The molecule has 2 aromatic rings. The monoisotopic (exact) mass is 446 g/mol. The molecule has 1 amide bonds. The van der Waals surface area contributed by atoms with Gasteiger partial charge in [0.25, 0.3) is 0 Å². The first kappa shape index (κ1) is 21.9. The van der Waals surface area contributed by atoms with Crippen LogP contribution in [0.15, 0.2) is 53.4 Å². The van der Waals surface area contributed by atoms with Gasteiger partial charge in [0.05, 0.1) is 22.0 Å². The molecule has 1 N–H and O–H groups in total. The molecule has 0 heterocycles. The van der Waals surface area contributed by atoms with Gasteiger partial charge in [-0.1, -0.05) is 41.4 Å². The third-order valence-corrected chi connectivity index (χ3v) is 6.65. The Morgan fingerprint density at radius 1 is 1.15 bits per heavy atom. The normalized spacial score (nSPS) is 12.4. The van der Waals surface area contributed by atoms with Crippen LogP contribution in [0.2, 0.25) is 10.0 Å². The zero-order valence-electron chi connectivity index (χ0n) is 14.9. The van der Waals surface area contributed by atoms with E-state index in [1.165, 1.54) is 25.1 Å². The number of benzene rings is 2.